The van der Waals surface area contributed by atoms with Crippen molar-refractivity contribution in [3.8, 4) is 5.75 Å². The standard InChI is InChI=1S/C15H22N4O/c1-12(10-13-6-4-5-7-14(13)20-3)16-9-8-15-18-17-11-19(15)2/h4-7,11-12,16H,8-10H2,1-3H3. The molecule has 1 N–H and O–H groups in total. The first-order valence-corrected chi connectivity index (χ1v) is 6.89. The van der Waals surface area contributed by atoms with Crippen molar-refractivity contribution in [2.45, 2.75) is 25.8 Å². The van der Waals surface area contributed by atoms with E-state index < -0.39 is 0 Å². The molecule has 0 saturated heterocycles. The van der Waals surface area contributed by atoms with Crippen molar-refractivity contribution in [1.82, 2.24) is 20.1 Å². The highest BCUT2D eigenvalue weighted by Crippen LogP contribution is 2.18. The Bertz CT molecular complexity index is 538. The Hall–Kier alpha value is -1.88. The number of nitrogens with zero attached hydrogens (tertiary/aromatic N) is 3. The molecule has 108 valence electrons. The minimum atomic E-state index is 0.388. The summed E-state index contributed by atoms with van der Waals surface area (Å²) in [6.07, 6.45) is 3.56. The van der Waals surface area contributed by atoms with Crippen LogP contribution in [0.2, 0.25) is 0 Å². The van der Waals surface area contributed by atoms with E-state index in [2.05, 4.69) is 28.5 Å². The third-order valence-corrected chi connectivity index (χ3v) is 3.37. The fourth-order valence-electron chi connectivity index (χ4n) is 2.24. The summed E-state index contributed by atoms with van der Waals surface area (Å²) in [6.45, 7) is 3.08. The van der Waals surface area contributed by atoms with Gasteiger partial charge in [-0.25, -0.2) is 0 Å². The monoisotopic (exact) mass is 274 g/mol. The van der Waals surface area contributed by atoms with Crippen LogP contribution < -0.4 is 10.1 Å². The van der Waals surface area contributed by atoms with Gasteiger partial charge in [0.1, 0.15) is 17.9 Å². The zero-order chi connectivity index (χ0) is 14.4. The van der Waals surface area contributed by atoms with E-state index in [4.69, 9.17) is 4.74 Å². The molecular weight excluding hydrogens is 252 g/mol. The summed E-state index contributed by atoms with van der Waals surface area (Å²) >= 11 is 0. The maximum Gasteiger partial charge on any atom is 0.133 e. The molecule has 0 aliphatic rings. The first-order chi connectivity index (χ1) is 9.70. The summed E-state index contributed by atoms with van der Waals surface area (Å²) in [5.74, 6) is 1.96. The molecule has 0 spiro atoms. The molecule has 0 saturated carbocycles. The highest BCUT2D eigenvalue weighted by Gasteiger charge is 2.08. The summed E-state index contributed by atoms with van der Waals surface area (Å²) in [5, 5.41) is 11.5. The number of hydrogen-bond donors (Lipinski definition) is 1. The molecule has 5 heteroatoms. The number of aromatic nitrogens is 3. The van der Waals surface area contributed by atoms with Crippen LogP contribution in [0.3, 0.4) is 0 Å². The molecule has 1 heterocycles. The van der Waals surface area contributed by atoms with Gasteiger partial charge in [0.2, 0.25) is 0 Å². The van der Waals surface area contributed by atoms with E-state index >= 15 is 0 Å². The van der Waals surface area contributed by atoms with Gasteiger partial charge < -0.3 is 14.6 Å². The smallest absolute Gasteiger partial charge is 0.133 e. The number of hydrogen-bond acceptors (Lipinski definition) is 4. The van der Waals surface area contributed by atoms with Crippen molar-refractivity contribution in [1.29, 1.82) is 0 Å². The summed E-state index contributed by atoms with van der Waals surface area (Å²) in [7, 11) is 3.68. The molecule has 0 aliphatic heterocycles. The molecule has 1 atom stereocenters. The molecule has 1 unspecified atom stereocenters. The molecule has 0 fully saturated rings. The summed E-state index contributed by atoms with van der Waals surface area (Å²) in [6, 6.07) is 8.54. The second kappa shape index (κ2) is 7.05. The summed E-state index contributed by atoms with van der Waals surface area (Å²) in [4.78, 5) is 0. The predicted octanol–water partition coefficient (Wildman–Crippen LogP) is 1.59. The summed E-state index contributed by atoms with van der Waals surface area (Å²) < 4.78 is 7.33. The molecule has 1 aromatic heterocycles. The molecule has 0 amide bonds. The van der Waals surface area contributed by atoms with Crippen LogP contribution in [-0.2, 0) is 19.9 Å². The van der Waals surface area contributed by atoms with Gasteiger partial charge in [-0.1, -0.05) is 18.2 Å². The van der Waals surface area contributed by atoms with Crippen LogP contribution in [0.15, 0.2) is 30.6 Å². The lowest BCUT2D eigenvalue weighted by atomic mass is 10.1. The van der Waals surface area contributed by atoms with E-state index in [1.807, 2.05) is 29.8 Å². The van der Waals surface area contributed by atoms with E-state index in [0.29, 0.717) is 6.04 Å². The second-order valence-electron chi connectivity index (χ2n) is 4.98. The number of nitrogens with one attached hydrogen (secondary N) is 1. The molecule has 0 aliphatic carbocycles. The lowest BCUT2D eigenvalue weighted by Gasteiger charge is -2.15. The maximum absolute atomic E-state index is 5.38. The largest absolute Gasteiger partial charge is 0.496 e. The maximum atomic E-state index is 5.38. The van der Waals surface area contributed by atoms with Crippen molar-refractivity contribution in [3.63, 3.8) is 0 Å². The third-order valence-electron chi connectivity index (χ3n) is 3.37. The van der Waals surface area contributed by atoms with E-state index in [9.17, 15) is 0 Å². The van der Waals surface area contributed by atoms with Gasteiger partial charge in [-0.2, -0.15) is 0 Å². The van der Waals surface area contributed by atoms with Gasteiger partial charge in [0.25, 0.3) is 0 Å². The first-order valence-electron chi connectivity index (χ1n) is 6.89. The van der Waals surface area contributed by atoms with Gasteiger partial charge in [0.15, 0.2) is 0 Å². The second-order valence-corrected chi connectivity index (χ2v) is 4.98. The normalized spacial score (nSPS) is 12.3. The van der Waals surface area contributed by atoms with Gasteiger partial charge >= 0.3 is 0 Å². The SMILES string of the molecule is COc1ccccc1CC(C)NCCc1nncn1C. The van der Waals surface area contributed by atoms with E-state index in [1.54, 1.807) is 13.4 Å². The van der Waals surface area contributed by atoms with Crippen LogP contribution in [0, 0.1) is 0 Å². The van der Waals surface area contributed by atoms with Gasteiger partial charge in [-0.05, 0) is 25.0 Å². The number of rotatable bonds is 7. The van der Waals surface area contributed by atoms with E-state index in [0.717, 1.165) is 31.0 Å². The zero-order valence-corrected chi connectivity index (χ0v) is 12.3. The minimum absolute atomic E-state index is 0.388. The van der Waals surface area contributed by atoms with Gasteiger partial charge in [-0.15, -0.1) is 10.2 Å². The number of para-hydroxylation sites is 1. The molecular formula is C15H22N4O. The Balaban J connectivity index is 1.80. The van der Waals surface area contributed by atoms with Crippen molar-refractivity contribution in [2.24, 2.45) is 7.05 Å². The molecule has 0 radical (unpaired) electrons. The zero-order valence-electron chi connectivity index (χ0n) is 12.3. The molecule has 1 aromatic carbocycles. The Kier molecular flexibility index (Phi) is 5.12. The van der Waals surface area contributed by atoms with Crippen LogP contribution in [0.1, 0.15) is 18.3 Å². The minimum Gasteiger partial charge on any atom is -0.496 e. The Morgan fingerprint density at radius 1 is 1.35 bits per heavy atom. The third kappa shape index (κ3) is 3.81. The number of methoxy groups -OCH3 is 1. The van der Waals surface area contributed by atoms with Crippen LogP contribution >= 0.6 is 0 Å². The predicted molar refractivity (Wildman–Crippen MR) is 78.9 cm³/mol. The Morgan fingerprint density at radius 3 is 2.85 bits per heavy atom. The number of aryl methyl sites for hydroxylation is 1. The quantitative estimate of drug-likeness (QED) is 0.833. The molecule has 2 aromatic rings. The van der Waals surface area contributed by atoms with Crippen LogP contribution in [0.25, 0.3) is 0 Å². The highest BCUT2D eigenvalue weighted by atomic mass is 16.5. The molecule has 0 bridgehead atoms. The topological polar surface area (TPSA) is 52.0 Å². The number of benzene rings is 1. The lowest BCUT2D eigenvalue weighted by Crippen LogP contribution is -2.30. The number of ether oxygens (including phenoxy) is 1. The summed E-state index contributed by atoms with van der Waals surface area (Å²) in [5.41, 5.74) is 1.23. The van der Waals surface area contributed by atoms with Gasteiger partial charge in [0.05, 0.1) is 7.11 Å². The lowest BCUT2D eigenvalue weighted by molar-refractivity contribution is 0.406. The Morgan fingerprint density at radius 2 is 2.15 bits per heavy atom. The molecule has 20 heavy (non-hydrogen) atoms. The average Bonchev–Trinajstić information content (AvgIpc) is 2.85. The fourth-order valence-corrected chi connectivity index (χ4v) is 2.24. The van der Waals surface area contributed by atoms with E-state index in [-0.39, 0.29) is 0 Å². The van der Waals surface area contributed by atoms with Crippen LogP contribution in [0.4, 0.5) is 0 Å². The highest BCUT2D eigenvalue weighted by molar-refractivity contribution is 5.33. The van der Waals surface area contributed by atoms with Crippen molar-refractivity contribution in [3.05, 3.63) is 42.0 Å². The van der Waals surface area contributed by atoms with Crippen molar-refractivity contribution >= 4 is 0 Å². The van der Waals surface area contributed by atoms with Gasteiger partial charge in [-0.3, -0.25) is 0 Å². The van der Waals surface area contributed by atoms with Crippen molar-refractivity contribution in [2.75, 3.05) is 13.7 Å². The average molecular weight is 274 g/mol. The fraction of sp³-hybridized carbons (Fsp3) is 0.467. The molecule has 2 rings (SSSR count). The van der Waals surface area contributed by atoms with Crippen LogP contribution in [0.5, 0.6) is 5.75 Å². The first kappa shape index (κ1) is 14.5. The van der Waals surface area contributed by atoms with Crippen molar-refractivity contribution < 1.29 is 4.74 Å². The van der Waals surface area contributed by atoms with Crippen LogP contribution in [-0.4, -0.2) is 34.5 Å². The van der Waals surface area contributed by atoms with E-state index in [1.165, 1.54) is 5.56 Å². The Labute approximate surface area is 120 Å². The molecule has 5 nitrogen and oxygen atoms in total. The van der Waals surface area contributed by atoms with Gasteiger partial charge in [0, 0.05) is 26.1 Å².